The van der Waals surface area contributed by atoms with Crippen molar-refractivity contribution >= 4 is 5.96 Å². The molecule has 0 aromatic heterocycles. The Bertz CT molecular complexity index is 295. The van der Waals surface area contributed by atoms with Crippen molar-refractivity contribution in [3.63, 3.8) is 0 Å². The van der Waals surface area contributed by atoms with Crippen molar-refractivity contribution in [1.82, 2.24) is 4.90 Å². The Morgan fingerprint density at radius 2 is 2.15 bits per heavy atom. The summed E-state index contributed by atoms with van der Waals surface area (Å²) in [6, 6.07) is 0. The van der Waals surface area contributed by atoms with Gasteiger partial charge in [0.2, 0.25) is 0 Å². The van der Waals surface area contributed by atoms with Gasteiger partial charge in [-0.1, -0.05) is 6.92 Å². The van der Waals surface area contributed by atoms with E-state index >= 15 is 0 Å². The van der Waals surface area contributed by atoms with Crippen molar-refractivity contribution in [2.45, 2.75) is 45.1 Å². The van der Waals surface area contributed by atoms with Gasteiger partial charge in [-0.05, 0) is 38.0 Å². The average Bonchev–Trinajstić information content (AvgIpc) is 2.96. The highest BCUT2D eigenvalue weighted by molar-refractivity contribution is 5.78. The van der Waals surface area contributed by atoms with Crippen molar-refractivity contribution < 1.29 is 9.47 Å². The topological polar surface area (TPSA) is 60.1 Å². The smallest absolute Gasteiger partial charge is 0.191 e. The van der Waals surface area contributed by atoms with Crippen molar-refractivity contribution in [1.29, 1.82) is 0 Å². The monoisotopic (exact) mass is 283 g/mol. The molecular weight excluding hydrogens is 254 g/mol. The second-order valence-corrected chi connectivity index (χ2v) is 5.97. The number of ether oxygens (including phenoxy) is 2. The lowest BCUT2D eigenvalue weighted by Gasteiger charge is -2.31. The van der Waals surface area contributed by atoms with Crippen LogP contribution >= 0.6 is 0 Å². The number of nitrogens with zero attached hydrogens (tertiary/aromatic N) is 2. The highest BCUT2D eigenvalue weighted by atomic mass is 16.5. The molecule has 2 N–H and O–H groups in total. The van der Waals surface area contributed by atoms with E-state index in [9.17, 15) is 0 Å². The van der Waals surface area contributed by atoms with Crippen LogP contribution in [0.25, 0.3) is 0 Å². The SMILES string of the molecule is CC1CCN(C(N)=NCCCOCC2CCCO2)CC1. The van der Waals surface area contributed by atoms with E-state index in [1.165, 1.54) is 19.3 Å². The number of aliphatic imine (C=N–C) groups is 1. The number of hydrogen-bond donors (Lipinski definition) is 1. The molecule has 2 rings (SSSR count). The van der Waals surface area contributed by atoms with Crippen LogP contribution in [-0.4, -0.2) is 56.4 Å². The molecule has 0 amide bonds. The number of nitrogens with two attached hydrogens (primary N) is 1. The first-order valence-corrected chi connectivity index (χ1v) is 8.00. The molecule has 5 nitrogen and oxygen atoms in total. The predicted octanol–water partition coefficient (Wildman–Crippen LogP) is 1.62. The van der Waals surface area contributed by atoms with Gasteiger partial charge in [0.25, 0.3) is 0 Å². The van der Waals surface area contributed by atoms with Gasteiger partial charge >= 0.3 is 0 Å². The molecule has 2 saturated heterocycles. The first kappa shape index (κ1) is 15.6. The number of rotatable bonds is 6. The van der Waals surface area contributed by atoms with Crippen LogP contribution in [0.4, 0.5) is 0 Å². The van der Waals surface area contributed by atoms with Crippen molar-refractivity contribution in [2.24, 2.45) is 16.6 Å². The zero-order chi connectivity index (χ0) is 14.2. The lowest BCUT2D eigenvalue weighted by atomic mass is 10.00. The molecule has 0 aromatic rings. The molecule has 0 aromatic carbocycles. The summed E-state index contributed by atoms with van der Waals surface area (Å²) in [7, 11) is 0. The summed E-state index contributed by atoms with van der Waals surface area (Å²) in [5, 5.41) is 0. The Morgan fingerprint density at radius 3 is 2.85 bits per heavy atom. The molecule has 0 radical (unpaired) electrons. The molecule has 5 heteroatoms. The van der Waals surface area contributed by atoms with Gasteiger partial charge in [-0.3, -0.25) is 4.99 Å². The molecule has 0 bridgehead atoms. The lowest BCUT2D eigenvalue weighted by molar-refractivity contribution is 0.0170. The van der Waals surface area contributed by atoms with E-state index < -0.39 is 0 Å². The summed E-state index contributed by atoms with van der Waals surface area (Å²) in [6.45, 7) is 7.51. The van der Waals surface area contributed by atoms with E-state index in [1.54, 1.807) is 0 Å². The fourth-order valence-corrected chi connectivity index (χ4v) is 2.69. The molecule has 2 aliphatic heterocycles. The third-order valence-corrected chi connectivity index (χ3v) is 4.16. The third kappa shape index (κ3) is 5.29. The molecule has 1 unspecified atom stereocenters. The van der Waals surface area contributed by atoms with E-state index in [0.29, 0.717) is 12.1 Å². The molecule has 0 aliphatic carbocycles. The molecular formula is C15H29N3O2. The van der Waals surface area contributed by atoms with Crippen LogP contribution in [0.5, 0.6) is 0 Å². The molecule has 2 heterocycles. The molecule has 1 atom stereocenters. The molecule has 2 aliphatic rings. The summed E-state index contributed by atoms with van der Waals surface area (Å²) in [5.74, 6) is 1.53. The summed E-state index contributed by atoms with van der Waals surface area (Å²) >= 11 is 0. The minimum Gasteiger partial charge on any atom is -0.379 e. The van der Waals surface area contributed by atoms with Gasteiger partial charge in [0, 0.05) is 32.8 Å². The van der Waals surface area contributed by atoms with Gasteiger partial charge in [0.15, 0.2) is 5.96 Å². The first-order chi connectivity index (χ1) is 9.75. The van der Waals surface area contributed by atoms with Gasteiger partial charge in [-0.2, -0.15) is 0 Å². The quantitative estimate of drug-likeness (QED) is 0.457. The van der Waals surface area contributed by atoms with E-state index in [2.05, 4.69) is 16.8 Å². The first-order valence-electron chi connectivity index (χ1n) is 8.00. The minimum absolute atomic E-state index is 0.318. The lowest BCUT2D eigenvalue weighted by Crippen LogP contribution is -2.42. The minimum atomic E-state index is 0.318. The molecule has 0 spiro atoms. The summed E-state index contributed by atoms with van der Waals surface area (Å²) in [5.41, 5.74) is 6.02. The average molecular weight is 283 g/mol. The van der Waals surface area contributed by atoms with Crippen molar-refractivity contribution in [2.75, 3.05) is 39.5 Å². The van der Waals surface area contributed by atoms with Crippen LogP contribution in [0.1, 0.15) is 39.0 Å². The molecule has 116 valence electrons. The summed E-state index contributed by atoms with van der Waals surface area (Å²) in [6.07, 6.45) is 6.00. The fourth-order valence-electron chi connectivity index (χ4n) is 2.69. The van der Waals surface area contributed by atoms with E-state index in [0.717, 1.165) is 58.2 Å². The Balaban J connectivity index is 1.51. The Kier molecular flexibility index (Phi) is 6.60. The normalized spacial score (nSPS) is 25.4. The van der Waals surface area contributed by atoms with Crippen LogP contribution in [0.15, 0.2) is 4.99 Å². The van der Waals surface area contributed by atoms with Crippen LogP contribution in [-0.2, 0) is 9.47 Å². The highest BCUT2D eigenvalue weighted by Crippen LogP contribution is 2.15. The maximum Gasteiger partial charge on any atom is 0.191 e. The number of hydrogen-bond acceptors (Lipinski definition) is 3. The van der Waals surface area contributed by atoms with Gasteiger partial charge in [-0.25, -0.2) is 0 Å². The zero-order valence-electron chi connectivity index (χ0n) is 12.7. The Hall–Kier alpha value is -0.810. The zero-order valence-corrected chi connectivity index (χ0v) is 12.7. The van der Waals surface area contributed by atoms with Crippen LogP contribution in [0.3, 0.4) is 0 Å². The maximum absolute atomic E-state index is 6.02. The highest BCUT2D eigenvalue weighted by Gasteiger charge is 2.17. The Morgan fingerprint density at radius 1 is 1.35 bits per heavy atom. The van der Waals surface area contributed by atoms with Gasteiger partial charge in [0.05, 0.1) is 12.7 Å². The number of likely N-dealkylation sites (tertiary alicyclic amines) is 1. The second-order valence-electron chi connectivity index (χ2n) is 5.97. The number of piperidine rings is 1. The van der Waals surface area contributed by atoms with Crippen molar-refractivity contribution in [3.05, 3.63) is 0 Å². The van der Waals surface area contributed by atoms with Gasteiger partial charge < -0.3 is 20.1 Å². The molecule has 2 fully saturated rings. The molecule has 20 heavy (non-hydrogen) atoms. The summed E-state index contributed by atoms with van der Waals surface area (Å²) in [4.78, 5) is 6.65. The second kappa shape index (κ2) is 8.47. The van der Waals surface area contributed by atoms with E-state index in [-0.39, 0.29) is 0 Å². The van der Waals surface area contributed by atoms with Gasteiger partial charge in [0.1, 0.15) is 0 Å². The predicted molar refractivity (Wildman–Crippen MR) is 80.9 cm³/mol. The van der Waals surface area contributed by atoms with Crippen LogP contribution in [0, 0.1) is 5.92 Å². The molecule has 0 saturated carbocycles. The van der Waals surface area contributed by atoms with E-state index in [1.807, 2.05) is 0 Å². The van der Waals surface area contributed by atoms with Crippen molar-refractivity contribution in [3.8, 4) is 0 Å². The number of guanidine groups is 1. The largest absolute Gasteiger partial charge is 0.379 e. The summed E-state index contributed by atoms with van der Waals surface area (Å²) < 4.78 is 11.1. The maximum atomic E-state index is 6.02. The van der Waals surface area contributed by atoms with Gasteiger partial charge in [-0.15, -0.1) is 0 Å². The fraction of sp³-hybridized carbons (Fsp3) is 0.933. The van der Waals surface area contributed by atoms with E-state index in [4.69, 9.17) is 15.2 Å². The van der Waals surface area contributed by atoms with Crippen LogP contribution in [0.2, 0.25) is 0 Å². The Labute approximate surface area is 122 Å². The third-order valence-electron chi connectivity index (χ3n) is 4.16. The standard InChI is InChI=1S/C15H29N3O2/c1-13-5-8-18(9-6-13)15(16)17-7-3-10-19-12-14-4-2-11-20-14/h13-14H,2-12H2,1H3,(H2,16,17). The van der Waals surface area contributed by atoms with Crippen LogP contribution < -0.4 is 5.73 Å².